The number of carbonyl (C=O) groups excluding carboxylic acids is 2. The summed E-state index contributed by atoms with van der Waals surface area (Å²) in [4.78, 5) is 36.5. The van der Waals surface area contributed by atoms with Crippen LogP contribution in [0.2, 0.25) is 0 Å². The summed E-state index contributed by atoms with van der Waals surface area (Å²) in [6.07, 6.45) is 4.53. The molecule has 142 valence electrons. The van der Waals surface area contributed by atoms with Crippen LogP contribution < -0.4 is 5.32 Å². The van der Waals surface area contributed by atoms with E-state index in [9.17, 15) is 19.5 Å². The lowest BCUT2D eigenvalue weighted by atomic mass is 9.80. The molecule has 7 nitrogen and oxygen atoms in total. The molecule has 1 fully saturated rings. The maximum atomic E-state index is 13.1. The van der Waals surface area contributed by atoms with Gasteiger partial charge in [0.1, 0.15) is 11.6 Å². The van der Waals surface area contributed by atoms with E-state index in [0.717, 1.165) is 24.8 Å². The summed E-state index contributed by atoms with van der Waals surface area (Å²) in [5, 5.41) is 15.2. The Labute approximate surface area is 153 Å². The first-order chi connectivity index (χ1) is 12.4. The van der Waals surface area contributed by atoms with Gasteiger partial charge in [0.05, 0.1) is 0 Å². The average Bonchev–Trinajstić information content (AvgIpc) is 2.62. The van der Waals surface area contributed by atoms with E-state index < -0.39 is 23.5 Å². The normalized spacial score (nSPS) is 17.3. The fourth-order valence-corrected chi connectivity index (χ4v) is 3.62. The monoisotopic (exact) mass is 361 g/mol. The number of benzene rings is 1. The molecular formula is C19H27N3O4. The summed E-state index contributed by atoms with van der Waals surface area (Å²) in [5.74, 6) is -1.49. The van der Waals surface area contributed by atoms with Crippen LogP contribution in [0.25, 0.3) is 0 Å². The minimum absolute atomic E-state index is 0.195. The van der Waals surface area contributed by atoms with E-state index in [-0.39, 0.29) is 6.42 Å². The van der Waals surface area contributed by atoms with Gasteiger partial charge in [-0.2, -0.15) is 0 Å². The Morgan fingerprint density at radius 3 is 2.31 bits per heavy atom. The molecule has 0 heterocycles. The number of hydrazine groups is 1. The Kier molecular flexibility index (Phi) is 6.74. The number of nitrogens with zero attached hydrogens (tertiary/aromatic N) is 2. The van der Waals surface area contributed by atoms with Crippen molar-refractivity contribution in [3.63, 3.8) is 0 Å². The van der Waals surface area contributed by atoms with Crippen molar-refractivity contribution in [2.45, 2.75) is 50.1 Å². The SMILES string of the molecule is CN(C)N(C=O)C1(C(=O)N[C@@H](Cc2ccccc2)C(=O)O)CCCCC1. The minimum atomic E-state index is -1.09. The molecule has 0 unspecified atom stereocenters. The highest BCUT2D eigenvalue weighted by atomic mass is 16.4. The Hall–Kier alpha value is -2.41. The molecule has 1 saturated carbocycles. The van der Waals surface area contributed by atoms with Crippen LogP contribution in [0.3, 0.4) is 0 Å². The number of hydrogen-bond acceptors (Lipinski definition) is 4. The van der Waals surface area contributed by atoms with Crippen LogP contribution >= 0.6 is 0 Å². The highest BCUT2D eigenvalue weighted by molar-refractivity contribution is 5.91. The Morgan fingerprint density at radius 2 is 1.81 bits per heavy atom. The molecule has 0 bridgehead atoms. The number of carboxylic acid groups (broad SMARTS) is 1. The molecule has 1 aromatic rings. The standard InChI is InChI=1S/C19H27N3O4/c1-21(2)22(14-23)19(11-7-4-8-12-19)18(26)20-16(17(24)25)13-15-9-5-3-6-10-15/h3,5-6,9-10,14,16H,4,7-8,11-13H2,1-2H3,(H,20,26)(H,24,25)/t16-/m0/s1. The fraction of sp³-hybridized carbons (Fsp3) is 0.526. The van der Waals surface area contributed by atoms with Crippen molar-refractivity contribution >= 4 is 18.3 Å². The van der Waals surface area contributed by atoms with Crippen molar-refractivity contribution in [3.8, 4) is 0 Å². The maximum absolute atomic E-state index is 13.1. The lowest BCUT2D eigenvalue weighted by Gasteiger charge is -2.45. The topological polar surface area (TPSA) is 90.0 Å². The molecule has 1 atom stereocenters. The summed E-state index contributed by atoms with van der Waals surface area (Å²) in [6.45, 7) is 0. The van der Waals surface area contributed by atoms with Crippen LogP contribution in [0.5, 0.6) is 0 Å². The van der Waals surface area contributed by atoms with Crippen molar-refractivity contribution in [3.05, 3.63) is 35.9 Å². The van der Waals surface area contributed by atoms with Crippen molar-refractivity contribution in [1.29, 1.82) is 0 Å². The molecule has 0 aromatic heterocycles. The molecular weight excluding hydrogens is 334 g/mol. The quantitative estimate of drug-likeness (QED) is 0.540. The molecule has 1 aliphatic rings. The highest BCUT2D eigenvalue weighted by Gasteiger charge is 2.46. The largest absolute Gasteiger partial charge is 0.480 e. The molecule has 0 aliphatic heterocycles. The zero-order valence-electron chi connectivity index (χ0n) is 15.4. The van der Waals surface area contributed by atoms with Crippen molar-refractivity contribution < 1.29 is 19.5 Å². The molecule has 2 rings (SSSR count). The maximum Gasteiger partial charge on any atom is 0.326 e. The van der Waals surface area contributed by atoms with Crippen molar-refractivity contribution in [1.82, 2.24) is 15.3 Å². The van der Waals surface area contributed by atoms with Gasteiger partial charge in [0.15, 0.2) is 0 Å². The van der Waals surface area contributed by atoms with Crippen molar-refractivity contribution in [2.75, 3.05) is 14.1 Å². The molecule has 0 radical (unpaired) electrons. The van der Waals surface area contributed by atoms with Crippen LogP contribution in [-0.2, 0) is 20.8 Å². The molecule has 7 heteroatoms. The number of nitrogens with one attached hydrogen (secondary N) is 1. The lowest BCUT2D eigenvalue weighted by Crippen LogP contribution is -2.64. The summed E-state index contributed by atoms with van der Waals surface area (Å²) < 4.78 is 0. The first kappa shape index (κ1) is 19.9. The lowest BCUT2D eigenvalue weighted by molar-refractivity contribution is -0.163. The van der Waals surface area contributed by atoms with Crippen molar-refractivity contribution in [2.24, 2.45) is 0 Å². The molecule has 26 heavy (non-hydrogen) atoms. The molecule has 2 amide bonds. The zero-order chi connectivity index (χ0) is 19.2. The van der Waals surface area contributed by atoms with Gasteiger partial charge in [0.25, 0.3) is 0 Å². The van der Waals surface area contributed by atoms with Gasteiger partial charge in [-0.3, -0.25) is 14.6 Å². The third-order valence-corrected chi connectivity index (χ3v) is 4.96. The molecule has 2 N–H and O–H groups in total. The van der Waals surface area contributed by atoms with Gasteiger partial charge in [-0.25, -0.2) is 9.80 Å². The first-order valence-corrected chi connectivity index (χ1v) is 8.90. The van der Waals surface area contributed by atoms with Gasteiger partial charge in [0.2, 0.25) is 12.3 Å². The second-order valence-corrected chi connectivity index (χ2v) is 6.94. The Bertz CT molecular complexity index is 627. The third-order valence-electron chi connectivity index (χ3n) is 4.96. The minimum Gasteiger partial charge on any atom is -0.480 e. The van der Waals surface area contributed by atoms with Gasteiger partial charge in [-0.15, -0.1) is 0 Å². The van der Waals surface area contributed by atoms with E-state index in [4.69, 9.17) is 0 Å². The van der Waals surface area contributed by atoms with Gasteiger partial charge in [-0.05, 0) is 18.4 Å². The number of carboxylic acids is 1. The molecule has 0 spiro atoms. The summed E-state index contributed by atoms with van der Waals surface area (Å²) in [7, 11) is 3.41. The van der Waals surface area contributed by atoms with E-state index in [1.165, 1.54) is 5.01 Å². The third kappa shape index (κ3) is 4.40. The van der Waals surface area contributed by atoms with Crippen LogP contribution in [0.4, 0.5) is 0 Å². The molecule has 1 aliphatic carbocycles. The number of hydrogen-bond donors (Lipinski definition) is 2. The van der Waals surface area contributed by atoms with E-state index in [1.54, 1.807) is 19.1 Å². The smallest absolute Gasteiger partial charge is 0.326 e. The summed E-state index contributed by atoms with van der Waals surface area (Å²) >= 11 is 0. The van der Waals surface area contributed by atoms with E-state index in [2.05, 4.69) is 5.32 Å². The zero-order valence-corrected chi connectivity index (χ0v) is 15.4. The van der Waals surface area contributed by atoms with Crippen LogP contribution in [0.1, 0.15) is 37.7 Å². The average molecular weight is 361 g/mol. The second kappa shape index (κ2) is 8.80. The number of rotatable bonds is 8. The first-order valence-electron chi connectivity index (χ1n) is 8.90. The van der Waals surface area contributed by atoms with Gasteiger partial charge >= 0.3 is 5.97 Å². The van der Waals surface area contributed by atoms with Gasteiger partial charge in [-0.1, -0.05) is 49.6 Å². The number of carbonyl (C=O) groups is 3. The Balaban J connectivity index is 2.23. The van der Waals surface area contributed by atoms with Crippen LogP contribution in [0.15, 0.2) is 30.3 Å². The van der Waals surface area contributed by atoms with Gasteiger partial charge in [0, 0.05) is 20.5 Å². The summed E-state index contributed by atoms with van der Waals surface area (Å²) in [6, 6.07) is 8.14. The van der Waals surface area contributed by atoms with E-state index in [0.29, 0.717) is 19.3 Å². The van der Waals surface area contributed by atoms with E-state index >= 15 is 0 Å². The molecule has 0 saturated heterocycles. The number of amides is 2. The summed E-state index contributed by atoms with van der Waals surface area (Å²) in [5.41, 5.74) is -0.203. The van der Waals surface area contributed by atoms with Gasteiger partial charge < -0.3 is 10.4 Å². The highest BCUT2D eigenvalue weighted by Crippen LogP contribution is 2.34. The molecule has 1 aromatic carbocycles. The Morgan fingerprint density at radius 1 is 1.19 bits per heavy atom. The van der Waals surface area contributed by atoms with Crippen LogP contribution in [0, 0.1) is 0 Å². The predicted octanol–water partition coefficient (Wildman–Crippen LogP) is 1.44. The second-order valence-electron chi connectivity index (χ2n) is 6.94. The van der Waals surface area contributed by atoms with E-state index in [1.807, 2.05) is 30.3 Å². The van der Waals surface area contributed by atoms with Crippen LogP contribution in [-0.4, -0.2) is 59.1 Å². The predicted molar refractivity (Wildman–Crippen MR) is 97.1 cm³/mol. The fourth-order valence-electron chi connectivity index (χ4n) is 3.62. The number of aliphatic carboxylic acids is 1.